The molecule has 0 heterocycles. The van der Waals surface area contributed by atoms with E-state index in [1.807, 2.05) is 12.1 Å². The van der Waals surface area contributed by atoms with Crippen LogP contribution in [0.4, 0.5) is 4.39 Å². The van der Waals surface area contributed by atoms with Gasteiger partial charge in [0.1, 0.15) is 5.82 Å². The largest absolute Gasteiger partial charge is 0.207 e. The first kappa shape index (κ1) is 11.2. The van der Waals surface area contributed by atoms with E-state index in [4.69, 9.17) is 11.6 Å². The van der Waals surface area contributed by atoms with E-state index < -0.39 is 0 Å². The fourth-order valence-corrected chi connectivity index (χ4v) is 2.51. The van der Waals surface area contributed by atoms with Crippen LogP contribution in [-0.4, -0.2) is 5.38 Å². The van der Waals surface area contributed by atoms with Gasteiger partial charge in [-0.15, -0.1) is 11.6 Å². The number of alkyl halides is 1. The van der Waals surface area contributed by atoms with Crippen LogP contribution in [0.1, 0.15) is 18.4 Å². The SMILES string of the molecule is Fc1ccc(Br)cc1CC1=CC(Cl)CC1. The molecule has 1 aliphatic carbocycles. The fourth-order valence-electron chi connectivity index (χ4n) is 1.82. The molecule has 1 aliphatic rings. The zero-order chi connectivity index (χ0) is 10.8. The van der Waals surface area contributed by atoms with Crippen LogP contribution in [0.5, 0.6) is 0 Å². The summed E-state index contributed by atoms with van der Waals surface area (Å²) in [4.78, 5) is 0. The third-order valence-corrected chi connectivity index (χ3v) is 3.42. The van der Waals surface area contributed by atoms with Crippen molar-refractivity contribution in [3.63, 3.8) is 0 Å². The van der Waals surface area contributed by atoms with E-state index in [0.717, 1.165) is 22.9 Å². The highest BCUT2D eigenvalue weighted by Gasteiger charge is 2.14. The maximum Gasteiger partial charge on any atom is 0.126 e. The Hall–Kier alpha value is -0.340. The summed E-state index contributed by atoms with van der Waals surface area (Å²) in [5.41, 5.74) is 1.98. The summed E-state index contributed by atoms with van der Waals surface area (Å²) >= 11 is 9.31. The molecule has 0 aliphatic heterocycles. The second kappa shape index (κ2) is 4.67. The van der Waals surface area contributed by atoms with Crippen molar-refractivity contribution >= 4 is 27.5 Å². The molecule has 0 saturated carbocycles. The Morgan fingerprint density at radius 2 is 2.27 bits per heavy atom. The zero-order valence-corrected chi connectivity index (χ0v) is 10.5. The molecule has 0 saturated heterocycles. The highest BCUT2D eigenvalue weighted by molar-refractivity contribution is 9.10. The fraction of sp³-hybridized carbons (Fsp3) is 0.333. The van der Waals surface area contributed by atoms with Crippen molar-refractivity contribution in [2.45, 2.75) is 24.6 Å². The van der Waals surface area contributed by atoms with Crippen LogP contribution in [0.3, 0.4) is 0 Å². The molecule has 3 heteroatoms. The van der Waals surface area contributed by atoms with E-state index >= 15 is 0 Å². The molecule has 2 rings (SSSR count). The number of rotatable bonds is 2. The monoisotopic (exact) mass is 288 g/mol. The van der Waals surface area contributed by atoms with Gasteiger partial charge < -0.3 is 0 Å². The summed E-state index contributed by atoms with van der Waals surface area (Å²) < 4.78 is 14.4. The van der Waals surface area contributed by atoms with Gasteiger partial charge in [-0.3, -0.25) is 0 Å². The number of hydrogen-bond acceptors (Lipinski definition) is 0. The van der Waals surface area contributed by atoms with Gasteiger partial charge in [0.15, 0.2) is 0 Å². The van der Waals surface area contributed by atoms with Crippen molar-refractivity contribution in [3.05, 3.63) is 45.7 Å². The summed E-state index contributed by atoms with van der Waals surface area (Å²) in [5.74, 6) is -0.142. The van der Waals surface area contributed by atoms with Gasteiger partial charge in [-0.2, -0.15) is 0 Å². The molecular weight excluding hydrogens is 278 g/mol. The standard InChI is InChI=1S/C12H11BrClF/c13-10-2-4-12(15)9(7-10)5-8-1-3-11(14)6-8/h2,4,6-7,11H,1,3,5H2. The van der Waals surface area contributed by atoms with Gasteiger partial charge in [0.2, 0.25) is 0 Å². The summed E-state index contributed by atoms with van der Waals surface area (Å²) in [7, 11) is 0. The van der Waals surface area contributed by atoms with Crippen LogP contribution in [0.25, 0.3) is 0 Å². The average Bonchev–Trinajstić information content (AvgIpc) is 2.58. The lowest BCUT2D eigenvalue weighted by molar-refractivity contribution is 0.612. The predicted molar refractivity (Wildman–Crippen MR) is 64.8 cm³/mol. The highest BCUT2D eigenvalue weighted by atomic mass is 79.9. The number of hydrogen-bond donors (Lipinski definition) is 0. The number of benzene rings is 1. The van der Waals surface area contributed by atoms with Crippen molar-refractivity contribution < 1.29 is 4.39 Å². The third-order valence-electron chi connectivity index (χ3n) is 2.58. The number of allylic oxidation sites excluding steroid dienone is 2. The smallest absolute Gasteiger partial charge is 0.126 e. The van der Waals surface area contributed by atoms with Crippen molar-refractivity contribution in [2.75, 3.05) is 0 Å². The normalized spacial score (nSPS) is 20.5. The molecule has 0 aromatic heterocycles. The quantitative estimate of drug-likeness (QED) is 0.557. The molecule has 0 radical (unpaired) electrons. The van der Waals surface area contributed by atoms with E-state index in [2.05, 4.69) is 15.9 Å². The Bertz CT molecular complexity index is 401. The molecule has 0 amide bonds. The van der Waals surface area contributed by atoms with Crippen molar-refractivity contribution in [1.29, 1.82) is 0 Å². The predicted octanol–water partition coefficient (Wildman–Crippen LogP) is 4.46. The van der Waals surface area contributed by atoms with Gasteiger partial charge in [0, 0.05) is 4.47 Å². The molecule has 1 aromatic carbocycles. The third kappa shape index (κ3) is 2.82. The van der Waals surface area contributed by atoms with Crippen LogP contribution >= 0.6 is 27.5 Å². The summed E-state index contributed by atoms with van der Waals surface area (Å²) in [6.45, 7) is 0. The molecular formula is C12H11BrClF. The van der Waals surface area contributed by atoms with Gasteiger partial charge in [0.25, 0.3) is 0 Å². The minimum Gasteiger partial charge on any atom is -0.207 e. The van der Waals surface area contributed by atoms with Crippen LogP contribution in [0.2, 0.25) is 0 Å². The van der Waals surface area contributed by atoms with Crippen LogP contribution in [0, 0.1) is 5.82 Å². The van der Waals surface area contributed by atoms with Crippen LogP contribution in [-0.2, 0) is 6.42 Å². The Labute approximate surface area is 102 Å². The Morgan fingerprint density at radius 1 is 1.47 bits per heavy atom. The molecule has 1 atom stereocenters. The minimum atomic E-state index is -0.142. The maximum absolute atomic E-state index is 13.4. The topological polar surface area (TPSA) is 0 Å². The molecule has 0 spiro atoms. The van der Waals surface area contributed by atoms with Crippen molar-refractivity contribution in [3.8, 4) is 0 Å². The van der Waals surface area contributed by atoms with Crippen molar-refractivity contribution in [1.82, 2.24) is 0 Å². The first-order valence-corrected chi connectivity index (χ1v) is 6.15. The first-order valence-electron chi connectivity index (χ1n) is 4.93. The average molecular weight is 290 g/mol. The van der Waals surface area contributed by atoms with E-state index in [9.17, 15) is 4.39 Å². The van der Waals surface area contributed by atoms with Gasteiger partial charge in [-0.25, -0.2) is 4.39 Å². The van der Waals surface area contributed by atoms with E-state index in [-0.39, 0.29) is 11.2 Å². The molecule has 0 nitrogen and oxygen atoms in total. The Morgan fingerprint density at radius 3 is 2.93 bits per heavy atom. The van der Waals surface area contributed by atoms with Gasteiger partial charge in [0.05, 0.1) is 5.38 Å². The highest BCUT2D eigenvalue weighted by Crippen LogP contribution is 2.27. The van der Waals surface area contributed by atoms with Gasteiger partial charge in [-0.1, -0.05) is 27.6 Å². The maximum atomic E-state index is 13.4. The second-order valence-electron chi connectivity index (χ2n) is 3.79. The zero-order valence-electron chi connectivity index (χ0n) is 8.14. The van der Waals surface area contributed by atoms with Crippen LogP contribution < -0.4 is 0 Å². The van der Waals surface area contributed by atoms with Gasteiger partial charge >= 0.3 is 0 Å². The summed E-state index contributed by atoms with van der Waals surface area (Å²) in [6.07, 6.45) is 4.68. The summed E-state index contributed by atoms with van der Waals surface area (Å²) in [6, 6.07) is 5.04. The van der Waals surface area contributed by atoms with Crippen LogP contribution in [0.15, 0.2) is 34.3 Å². The summed E-state index contributed by atoms with van der Waals surface area (Å²) in [5, 5.41) is 0.134. The van der Waals surface area contributed by atoms with Crippen molar-refractivity contribution in [2.24, 2.45) is 0 Å². The lowest BCUT2D eigenvalue weighted by Gasteiger charge is -2.04. The lowest BCUT2D eigenvalue weighted by Crippen LogP contribution is -1.92. The Balaban J connectivity index is 2.17. The molecule has 0 fully saturated rings. The van der Waals surface area contributed by atoms with E-state index in [1.165, 1.54) is 11.6 Å². The Kier molecular flexibility index (Phi) is 3.47. The lowest BCUT2D eigenvalue weighted by atomic mass is 10.0. The molecule has 0 bridgehead atoms. The first-order chi connectivity index (χ1) is 7.15. The van der Waals surface area contributed by atoms with E-state index in [1.54, 1.807) is 6.07 Å². The molecule has 1 unspecified atom stereocenters. The molecule has 0 N–H and O–H groups in total. The molecule has 15 heavy (non-hydrogen) atoms. The minimum absolute atomic E-state index is 0.134. The second-order valence-corrected chi connectivity index (χ2v) is 5.27. The van der Waals surface area contributed by atoms with Gasteiger partial charge in [-0.05, 0) is 43.0 Å². The van der Waals surface area contributed by atoms with E-state index in [0.29, 0.717) is 6.42 Å². The molecule has 80 valence electrons. The number of halogens is 3. The molecule has 1 aromatic rings.